The monoisotopic (exact) mass is 303 g/mol. The third-order valence-corrected chi connectivity index (χ3v) is 4.28. The number of nitrogens with one attached hydrogen (secondary N) is 2. The van der Waals surface area contributed by atoms with E-state index in [0.29, 0.717) is 29.6 Å². The van der Waals surface area contributed by atoms with E-state index in [2.05, 4.69) is 22.5 Å². The minimum atomic E-state index is -0.199. The third-order valence-electron chi connectivity index (χ3n) is 4.28. The molecule has 1 saturated heterocycles. The molecule has 1 fully saturated rings. The summed E-state index contributed by atoms with van der Waals surface area (Å²) in [7, 11) is 0. The molecule has 118 valence electrons. The van der Waals surface area contributed by atoms with Crippen LogP contribution in [0.4, 0.5) is 5.69 Å². The minimum absolute atomic E-state index is 0.0209. The van der Waals surface area contributed by atoms with Crippen LogP contribution < -0.4 is 15.4 Å². The Morgan fingerprint density at radius 1 is 1.50 bits per heavy atom. The van der Waals surface area contributed by atoms with Crippen molar-refractivity contribution in [2.45, 2.75) is 25.8 Å². The quantitative estimate of drug-likeness (QED) is 0.878. The molecular formula is C16H21N3O3. The number of hydrogen-bond donors (Lipinski definition) is 2. The van der Waals surface area contributed by atoms with Crippen LogP contribution in [0.5, 0.6) is 5.75 Å². The van der Waals surface area contributed by atoms with Crippen molar-refractivity contribution in [2.24, 2.45) is 0 Å². The van der Waals surface area contributed by atoms with Crippen molar-refractivity contribution in [3.63, 3.8) is 0 Å². The Bertz CT molecular complexity index is 588. The SMILES string of the molecule is CCN1CCCC1CNC(=O)c1ccc2c(c1)NC(=O)CO2. The summed E-state index contributed by atoms with van der Waals surface area (Å²) in [5, 5.41) is 5.71. The molecule has 1 aromatic rings. The predicted molar refractivity (Wildman–Crippen MR) is 83.2 cm³/mol. The van der Waals surface area contributed by atoms with Gasteiger partial charge in [-0.2, -0.15) is 0 Å². The highest BCUT2D eigenvalue weighted by atomic mass is 16.5. The number of ether oxygens (including phenoxy) is 1. The van der Waals surface area contributed by atoms with Crippen molar-refractivity contribution >= 4 is 17.5 Å². The number of likely N-dealkylation sites (N-methyl/N-ethyl adjacent to an activating group) is 1. The van der Waals surface area contributed by atoms with Crippen molar-refractivity contribution < 1.29 is 14.3 Å². The number of carbonyl (C=O) groups excluding carboxylic acids is 2. The van der Waals surface area contributed by atoms with Gasteiger partial charge in [-0.05, 0) is 44.1 Å². The van der Waals surface area contributed by atoms with E-state index in [4.69, 9.17) is 4.74 Å². The summed E-state index contributed by atoms with van der Waals surface area (Å²) >= 11 is 0. The second-order valence-electron chi connectivity index (χ2n) is 5.68. The van der Waals surface area contributed by atoms with Gasteiger partial charge in [0.05, 0.1) is 5.69 Å². The average molecular weight is 303 g/mol. The molecule has 2 aliphatic heterocycles. The first-order chi connectivity index (χ1) is 10.7. The van der Waals surface area contributed by atoms with Crippen LogP contribution in [0.15, 0.2) is 18.2 Å². The Morgan fingerprint density at radius 3 is 3.18 bits per heavy atom. The molecule has 6 nitrogen and oxygen atoms in total. The summed E-state index contributed by atoms with van der Waals surface area (Å²) in [5.41, 5.74) is 1.09. The second-order valence-corrected chi connectivity index (χ2v) is 5.68. The number of rotatable bonds is 4. The lowest BCUT2D eigenvalue weighted by Gasteiger charge is -2.23. The lowest BCUT2D eigenvalue weighted by atomic mass is 10.1. The van der Waals surface area contributed by atoms with E-state index in [1.165, 1.54) is 6.42 Å². The van der Waals surface area contributed by atoms with E-state index in [-0.39, 0.29) is 18.4 Å². The number of carbonyl (C=O) groups is 2. The first-order valence-corrected chi connectivity index (χ1v) is 7.76. The van der Waals surface area contributed by atoms with Gasteiger partial charge >= 0.3 is 0 Å². The zero-order valence-corrected chi connectivity index (χ0v) is 12.7. The van der Waals surface area contributed by atoms with Crippen LogP contribution >= 0.6 is 0 Å². The molecule has 0 bridgehead atoms. The van der Waals surface area contributed by atoms with Crippen LogP contribution in [0.25, 0.3) is 0 Å². The molecule has 2 amide bonds. The number of anilines is 1. The van der Waals surface area contributed by atoms with Crippen LogP contribution in [0, 0.1) is 0 Å². The highest BCUT2D eigenvalue weighted by molar-refractivity contribution is 5.99. The Balaban J connectivity index is 1.63. The maximum Gasteiger partial charge on any atom is 0.262 e. The number of hydrogen-bond acceptors (Lipinski definition) is 4. The molecule has 0 saturated carbocycles. The van der Waals surface area contributed by atoms with Gasteiger partial charge in [-0.15, -0.1) is 0 Å². The van der Waals surface area contributed by atoms with E-state index in [1.807, 2.05) is 0 Å². The van der Waals surface area contributed by atoms with Gasteiger partial charge in [0, 0.05) is 18.2 Å². The molecule has 0 aromatic heterocycles. The number of benzene rings is 1. The Morgan fingerprint density at radius 2 is 2.36 bits per heavy atom. The number of likely N-dealkylation sites (tertiary alicyclic amines) is 1. The average Bonchev–Trinajstić information content (AvgIpc) is 2.99. The van der Waals surface area contributed by atoms with Gasteiger partial charge in [0.25, 0.3) is 11.8 Å². The fourth-order valence-electron chi connectivity index (χ4n) is 3.08. The highest BCUT2D eigenvalue weighted by Crippen LogP contribution is 2.28. The van der Waals surface area contributed by atoms with Crippen molar-refractivity contribution in [1.29, 1.82) is 0 Å². The molecule has 0 spiro atoms. The summed E-state index contributed by atoms with van der Waals surface area (Å²) < 4.78 is 5.29. The second kappa shape index (κ2) is 6.36. The number of fused-ring (bicyclic) bond motifs is 1. The van der Waals surface area contributed by atoms with Gasteiger partial charge in [-0.1, -0.05) is 6.92 Å². The van der Waals surface area contributed by atoms with E-state index < -0.39 is 0 Å². The summed E-state index contributed by atoms with van der Waals surface area (Å²) in [5.74, 6) is 0.282. The van der Waals surface area contributed by atoms with Gasteiger partial charge in [0.1, 0.15) is 5.75 Å². The first-order valence-electron chi connectivity index (χ1n) is 7.76. The van der Waals surface area contributed by atoms with Crippen LogP contribution in [-0.2, 0) is 4.79 Å². The summed E-state index contributed by atoms with van der Waals surface area (Å²) in [6.07, 6.45) is 2.32. The maximum atomic E-state index is 12.3. The van der Waals surface area contributed by atoms with Gasteiger partial charge < -0.3 is 15.4 Å². The van der Waals surface area contributed by atoms with Gasteiger partial charge in [-0.3, -0.25) is 14.5 Å². The standard InChI is InChI=1S/C16H21N3O3/c1-2-19-7-3-4-12(19)9-17-16(21)11-5-6-14-13(8-11)18-15(20)10-22-14/h5-6,8,12H,2-4,7,9-10H2,1H3,(H,17,21)(H,18,20). The molecule has 1 unspecified atom stereocenters. The first kappa shape index (κ1) is 14.8. The van der Waals surface area contributed by atoms with Gasteiger partial charge in [0.2, 0.25) is 0 Å². The van der Waals surface area contributed by atoms with E-state index >= 15 is 0 Å². The highest BCUT2D eigenvalue weighted by Gasteiger charge is 2.24. The Labute approximate surface area is 129 Å². The van der Waals surface area contributed by atoms with Crippen LogP contribution in [0.2, 0.25) is 0 Å². The topological polar surface area (TPSA) is 70.7 Å². The normalized spacial score (nSPS) is 21.0. The largest absolute Gasteiger partial charge is 0.482 e. The number of amides is 2. The Kier molecular flexibility index (Phi) is 4.29. The Hall–Kier alpha value is -2.08. The molecule has 2 N–H and O–H groups in total. The fraction of sp³-hybridized carbons (Fsp3) is 0.500. The minimum Gasteiger partial charge on any atom is -0.482 e. The predicted octanol–water partition coefficient (Wildman–Crippen LogP) is 1.23. The molecule has 1 atom stereocenters. The fourth-order valence-corrected chi connectivity index (χ4v) is 3.08. The summed E-state index contributed by atoms with van der Waals surface area (Å²) in [4.78, 5) is 26.0. The molecular weight excluding hydrogens is 282 g/mol. The van der Waals surface area contributed by atoms with Crippen LogP contribution in [-0.4, -0.2) is 49.0 Å². The van der Waals surface area contributed by atoms with Crippen molar-refractivity contribution in [3.8, 4) is 5.75 Å². The van der Waals surface area contributed by atoms with Gasteiger partial charge in [0.15, 0.2) is 6.61 Å². The van der Waals surface area contributed by atoms with Crippen molar-refractivity contribution in [2.75, 3.05) is 31.6 Å². The summed E-state index contributed by atoms with van der Waals surface area (Å²) in [6.45, 7) is 4.95. The van der Waals surface area contributed by atoms with E-state index in [0.717, 1.165) is 19.5 Å². The molecule has 2 heterocycles. The molecule has 3 rings (SSSR count). The molecule has 1 aromatic carbocycles. The van der Waals surface area contributed by atoms with Crippen LogP contribution in [0.1, 0.15) is 30.1 Å². The molecule has 2 aliphatic rings. The molecule has 0 aliphatic carbocycles. The lowest BCUT2D eigenvalue weighted by molar-refractivity contribution is -0.118. The van der Waals surface area contributed by atoms with E-state index in [9.17, 15) is 9.59 Å². The van der Waals surface area contributed by atoms with Crippen molar-refractivity contribution in [3.05, 3.63) is 23.8 Å². The lowest BCUT2D eigenvalue weighted by Crippen LogP contribution is -2.40. The molecule has 0 radical (unpaired) electrons. The van der Waals surface area contributed by atoms with E-state index in [1.54, 1.807) is 18.2 Å². The van der Waals surface area contributed by atoms with Gasteiger partial charge in [-0.25, -0.2) is 0 Å². The van der Waals surface area contributed by atoms with Crippen molar-refractivity contribution in [1.82, 2.24) is 10.2 Å². The smallest absolute Gasteiger partial charge is 0.262 e. The summed E-state index contributed by atoms with van der Waals surface area (Å²) in [6, 6.07) is 5.53. The maximum absolute atomic E-state index is 12.3. The molecule has 22 heavy (non-hydrogen) atoms. The zero-order valence-electron chi connectivity index (χ0n) is 12.7. The zero-order chi connectivity index (χ0) is 15.5. The number of nitrogens with zero attached hydrogens (tertiary/aromatic N) is 1. The third kappa shape index (κ3) is 3.06. The molecule has 6 heteroatoms. The van der Waals surface area contributed by atoms with Crippen LogP contribution in [0.3, 0.4) is 0 Å².